The molecule has 4 rings (SSSR count). The molecule has 0 N–H and O–H groups in total. The Kier molecular flexibility index (Phi) is 6.20. The van der Waals surface area contributed by atoms with Crippen LogP contribution in [0.4, 0.5) is 0 Å². The van der Waals surface area contributed by atoms with Crippen LogP contribution in [0.2, 0.25) is 0 Å². The van der Waals surface area contributed by atoms with E-state index < -0.39 is 10.1 Å². The van der Waals surface area contributed by atoms with Gasteiger partial charge < -0.3 is 8.60 Å². The van der Waals surface area contributed by atoms with Gasteiger partial charge in [-0.25, -0.2) is 4.98 Å². The fourth-order valence-electron chi connectivity index (χ4n) is 2.90. The topological polar surface area (TPSA) is 93.2 Å². The minimum atomic E-state index is -4.03. The van der Waals surface area contributed by atoms with E-state index in [2.05, 4.69) is 42.9 Å². The van der Waals surface area contributed by atoms with Crippen molar-refractivity contribution in [3.05, 3.63) is 86.6 Å². The molecule has 4 aromatic rings. The van der Waals surface area contributed by atoms with E-state index in [1.165, 1.54) is 12.1 Å². The number of aryl methyl sites for hydroxylation is 1. The summed E-state index contributed by atoms with van der Waals surface area (Å²) in [6.45, 7) is 1.87. The van der Waals surface area contributed by atoms with E-state index in [4.69, 9.17) is 8.60 Å². The van der Waals surface area contributed by atoms with Crippen LogP contribution in [0.15, 0.2) is 78.9 Å². The molecule has 0 unspecified atom stereocenters. The van der Waals surface area contributed by atoms with Gasteiger partial charge in [0.1, 0.15) is 22.1 Å². The molecule has 0 spiro atoms. The summed E-state index contributed by atoms with van der Waals surface area (Å²) in [7, 11) is -4.03. The Hall–Kier alpha value is -2.93. The molecular formula is C23H14Br2N2O4S. The highest BCUT2D eigenvalue weighted by molar-refractivity contribution is 9.11. The van der Waals surface area contributed by atoms with Gasteiger partial charge in [-0.3, -0.25) is 0 Å². The lowest BCUT2D eigenvalue weighted by Crippen LogP contribution is -2.10. The van der Waals surface area contributed by atoms with Crippen LogP contribution in [0.3, 0.4) is 0 Å². The largest absolute Gasteiger partial charge is 0.435 e. The Morgan fingerprint density at radius 3 is 2.38 bits per heavy atom. The number of halogens is 2. The maximum atomic E-state index is 12.7. The Bertz CT molecular complexity index is 1450. The molecular weight excluding hydrogens is 560 g/mol. The normalized spacial score (nSPS) is 12.0. The minimum absolute atomic E-state index is 0.0496. The predicted molar refractivity (Wildman–Crippen MR) is 128 cm³/mol. The summed E-state index contributed by atoms with van der Waals surface area (Å²) >= 11 is 6.72. The highest BCUT2D eigenvalue weighted by atomic mass is 79.9. The van der Waals surface area contributed by atoms with Crippen molar-refractivity contribution in [1.29, 1.82) is 5.26 Å². The van der Waals surface area contributed by atoms with Crippen molar-refractivity contribution in [2.45, 2.75) is 11.8 Å². The van der Waals surface area contributed by atoms with Crippen molar-refractivity contribution in [3.63, 3.8) is 0 Å². The number of rotatable bonds is 5. The first-order chi connectivity index (χ1) is 15.3. The van der Waals surface area contributed by atoms with E-state index in [9.17, 15) is 13.7 Å². The molecule has 32 heavy (non-hydrogen) atoms. The van der Waals surface area contributed by atoms with Crippen LogP contribution in [-0.2, 0) is 10.1 Å². The summed E-state index contributed by atoms with van der Waals surface area (Å²) in [6.07, 6.45) is 1.60. The number of hydrogen-bond donors (Lipinski definition) is 0. The van der Waals surface area contributed by atoms with Gasteiger partial charge in [0, 0.05) is 0 Å². The predicted octanol–water partition coefficient (Wildman–Crippen LogP) is 6.49. The second-order valence-electron chi connectivity index (χ2n) is 6.82. The molecule has 0 amide bonds. The molecule has 0 atom stereocenters. The van der Waals surface area contributed by atoms with Gasteiger partial charge in [0.25, 0.3) is 0 Å². The number of aromatic nitrogens is 1. The second kappa shape index (κ2) is 8.90. The summed E-state index contributed by atoms with van der Waals surface area (Å²) in [5, 5.41) is 9.61. The van der Waals surface area contributed by atoms with Crippen LogP contribution >= 0.6 is 31.9 Å². The molecule has 0 radical (unpaired) electrons. The maximum absolute atomic E-state index is 12.7. The maximum Gasteiger partial charge on any atom is 0.339 e. The fraction of sp³-hybridized carbons (Fsp3) is 0.0435. The van der Waals surface area contributed by atoms with E-state index in [-0.39, 0.29) is 22.1 Å². The number of hydrogen-bond acceptors (Lipinski definition) is 6. The van der Waals surface area contributed by atoms with Crippen molar-refractivity contribution >= 4 is 64.7 Å². The zero-order valence-electron chi connectivity index (χ0n) is 16.5. The van der Waals surface area contributed by atoms with Crippen LogP contribution in [0, 0.1) is 18.3 Å². The van der Waals surface area contributed by atoms with E-state index in [0.717, 1.165) is 5.56 Å². The quantitative estimate of drug-likeness (QED) is 0.200. The summed E-state index contributed by atoms with van der Waals surface area (Å²) in [4.78, 5) is 4.40. The molecule has 0 aliphatic heterocycles. The Balaban J connectivity index is 1.67. The average Bonchev–Trinajstić information content (AvgIpc) is 3.19. The van der Waals surface area contributed by atoms with Crippen molar-refractivity contribution in [2.24, 2.45) is 0 Å². The first kappa shape index (κ1) is 22.3. The van der Waals surface area contributed by atoms with Gasteiger partial charge in [-0.1, -0.05) is 29.8 Å². The third-order valence-electron chi connectivity index (χ3n) is 4.48. The second-order valence-corrected chi connectivity index (χ2v) is 10.1. The summed E-state index contributed by atoms with van der Waals surface area (Å²) in [6, 6.07) is 19.0. The first-order valence-electron chi connectivity index (χ1n) is 9.25. The fourth-order valence-corrected chi connectivity index (χ4v) is 5.46. The van der Waals surface area contributed by atoms with E-state index in [1.54, 1.807) is 42.5 Å². The first-order valence-corrected chi connectivity index (χ1v) is 12.2. The highest BCUT2D eigenvalue weighted by Gasteiger charge is 2.21. The van der Waals surface area contributed by atoms with Crippen LogP contribution in [0.25, 0.3) is 22.7 Å². The van der Waals surface area contributed by atoms with Gasteiger partial charge in [0.15, 0.2) is 11.3 Å². The van der Waals surface area contributed by atoms with Crippen molar-refractivity contribution in [2.75, 3.05) is 0 Å². The molecule has 3 aromatic carbocycles. The average molecular weight is 574 g/mol. The number of allylic oxidation sites excluding steroid dienone is 1. The standard InChI is InChI=1S/C23H14Br2N2O4S/c1-14-6-8-17(9-7-14)32(28,29)31-22-18(24)11-15(12-19(22)25)10-16(13-26)23-27-20-4-2-3-5-21(20)30-23/h2-12H,1H3/b16-10+. The van der Waals surface area contributed by atoms with Crippen LogP contribution < -0.4 is 4.18 Å². The number of benzene rings is 3. The Morgan fingerprint density at radius 2 is 1.75 bits per heavy atom. The third kappa shape index (κ3) is 4.63. The molecule has 6 nitrogen and oxygen atoms in total. The van der Waals surface area contributed by atoms with Gasteiger partial charge in [0.2, 0.25) is 5.89 Å². The van der Waals surface area contributed by atoms with Crippen molar-refractivity contribution < 1.29 is 17.0 Å². The van der Waals surface area contributed by atoms with E-state index >= 15 is 0 Å². The lowest BCUT2D eigenvalue weighted by molar-refractivity contribution is 0.483. The molecule has 1 heterocycles. The minimum Gasteiger partial charge on any atom is -0.435 e. The highest BCUT2D eigenvalue weighted by Crippen LogP contribution is 2.37. The zero-order valence-corrected chi connectivity index (χ0v) is 20.5. The molecule has 0 aliphatic carbocycles. The third-order valence-corrected chi connectivity index (χ3v) is 6.89. The number of fused-ring (bicyclic) bond motifs is 1. The number of nitriles is 1. The lowest BCUT2D eigenvalue weighted by atomic mass is 10.1. The SMILES string of the molecule is Cc1ccc(S(=O)(=O)Oc2c(Br)cc(/C=C(\C#N)c3nc4ccccc4o3)cc2Br)cc1. The van der Waals surface area contributed by atoms with E-state index in [1.807, 2.05) is 19.1 Å². The smallest absolute Gasteiger partial charge is 0.339 e. The van der Waals surface area contributed by atoms with Crippen LogP contribution in [-0.4, -0.2) is 13.4 Å². The summed E-state index contributed by atoms with van der Waals surface area (Å²) in [5.74, 6) is 0.298. The summed E-state index contributed by atoms with van der Waals surface area (Å²) < 4.78 is 37.1. The van der Waals surface area contributed by atoms with Gasteiger partial charge in [-0.15, -0.1) is 0 Å². The monoisotopic (exact) mass is 572 g/mol. The van der Waals surface area contributed by atoms with E-state index in [0.29, 0.717) is 25.6 Å². The Labute approximate surface area is 201 Å². The molecule has 0 fully saturated rings. The van der Waals surface area contributed by atoms with Crippen molar-refractivity contribution in [1.82, 2.24) is 4.98 Å². The van der Waals surface area contributed by atoms with Crippen molar-refractivity contribution in [3.8, 4) is 11.8 Å². The van der Waals surface area contributed by atoms with Gasteiger partial charge >= 0.3 is 10.1 Å². The Morgan fingerprint density at radius 1 is 1.09 bits per heavy atom. The number of para-hydroxylation sites is 2. The lowest BCUT2D eigenvalue weighted by Gasteiger charge is -2.11. The molecule has 9 heteroatoms. The van der Waals surface area contributed by atoms with Crippen LogP contribution in [0.1, 0.15) is 17.0 Å². The molecule has 1 aromatic heterocycles. The molecule has 0 saturated heterocycles. The molecule has 0 saturated carbocycles. The van der Waals surface area contributed by atoms with Gasteiger partial charge in [-0.05, 0) is 86.8 Å². The zero-order chi connectivity index (χ0) is 22.9. The molecule has 0 bridgehead atoms. The molecule has 0 aliphatic rings. The molecule has 160 valence electrons. The van der Waals surface area contributed by atoms with Gasteiger partial charge in [-0.2, -0.15) is 13.7 Å². The summed E-state index contributed by atoms with van der Waals surface area (Å²) in [5.41, 5.74) is 3.01. The van der Waals surface area contributed by atoms with Gasteiger partial charge in [0.05, 0.1) is 8.95 Å². The number of oxazole rings is 1. The number of nitrogens with zero attached hydrogens (tertiary/aromatic N) is 2. The van der Waals surface area contributed by atoms with Crippen LogP contribution in [0.5, 0.6) is 5.75 Å².